The Hall–Kier alpha value is -0.770. The average molecular weight is 206 g/mol. The lowest BCUT2D eigenvalue weighted by molar-refractivity contribution is -0.149. The van der Waals surface area contributed by atoms with E-state index >= 15 is 0 Å². The maximum absolute atomic E-state index is 11.2. The zero-order chi connectivity index (χ0) is 9.84. The first-order chi connectivity index (χ1) is 6.16. The van der Waals surface area contributed by atoms with Gasteiger partial charge in [0.15, 0.2) is 0 Å². The molecule has 0 bridgehead atoms. The summed E-state index contributed by atoms with van der Waals surface area (Å²) in [5, 5.41) is 0. The number of carbonyl (C=O) groups excluding carboxylic acids is 2. The molecule has 1 heterocycles. The Labute approximate surface area is 81.8 Å². The molecule has 0 aromatic rings. The molecule has 0 N–H and O–H groups in total. The number of nitrogens with zero attached hydrogens (tertiary/aromatic N) is 1. The number of ether oxygens (including phenoxy) is 1. The number of hydrogen-bond donors (Lipinski definition) is 0. The lowest BCUT2D eigenvalue weighted by Crippen LogP contribution is -2.38. The summed E-state index contributed by atoms with van der Waals surface area (Å²) < 4.78 is 4.70. The Bertz CT molecular complexity index is 219. The molecule has 1 saturated heterocycles. The fraction of sp³-hybridized carbons (Fsp3) is 0.750. The molecule has 1 aliphatic heterocycles. The Kier molecular flexibility index (Phi) is 3.54. The van der Waals surface area contributed by atoms with Gasteiger partial charge in [0, 0.05) is 13.0 Å². The fourth-order valence-corrected chi connectivity index (χ4v) is 1.52. The van der Waals surface area contributed by atoms with Crippen molar-refractivity contribution in [1.82, 2.24) is 4.90 Å². The number of amides is 1. The highest BCUT2D eigenvalue weighted by Gasteiger charge is 2.31. The van der Waals surface area contributed by atoms with Crippen molar-refractivity contribution in [2.75, 3.05) is 13.2 Å². The van der Waals surface area contributed by atoms with Crippen molar-refractivity contribution < 1.29 is 14.3 Å². The number of hydrogen-bond acceptors (Lipinski definition) is 3. The SMILES string of the molecule is CCOC(=O)C(Cl)N1CCCC1=O. The molecule has 0 aromatic heterocycles. The predicted octanol–water partition coefficient (Wildman–Crippen LogP) is 0.737. The molecule has 4 nitrogen and oxygen atoms in total. The second-order valence-corrected chi connectivity index (χ2v) is 3.19. The number of halogens is 1. The molecule has 5 heteroatoms. The van der Waals surface area contributed by atoms with Crippen molar-refractivity contribution in [3.63, 3.8) is 0 Å². The molecular formula is C8H12ClNO3. The van der Waals surface area contributed by atoms with Crippen LogP contribution in [-0.2, 0) is 14.3 Å². The van der Waals surface area contributed by atoms with Crippen LogP contribution in [0.5, 0.6) is 0 Å². The Morgan fingerprint density at radius 2 is 2.46 bits per heavy atom. The normalized spacial score (nSPS) is 18.9. The Morgan fingerprint density at radius 1 is 1.77 bits per heavy atom. The van der Waals surface area contributed by atoms with Gasteiger partial charge in [-0.2, -0.15) is 0 Å². The molecular weight excluding hydrogens is 194 g/mol. The van der Waals surface area contributed by atoms with Crippen LogP contribution in [0.1, 0.15) is 19.8 Å². The average Bonchev–Trinajstić information content (AvgIpc) is 2.50. The summed E-state index contributed by atoms with van der Waals surface area (Å²) in [6.45, 7) is 2.53. The first kappa shape index (κ1) is 10.3. The summed E-state index contributed by atoms with van der Waals surface area (Å²) in [6, 6.07) is 0. The van der Waals surface area contributed by atoms with E-state index < -0.39 is 11.5 Å². The zero-order valence-electron chi connectivity index (χ0n) is 7.46. The van der Waals surface area contributed by atoms with E-state index in [0.29, 0.717) is 13.0 Å². The molecule has 1 atom stereocenters. The van der Waals surface area contributed by atoms with Crippen LogP contribution >= 0.6 is 11.6 Å². The summed E-state index contributed by atoms with van der Waals surface area (Å²) in [4.78, 5) is 23.6. The fourth-order valence-electron chi connectivity index (χ4n) is 1.25. The summed E-state index contributed by atoms with van der Waals surface area (Å²) >= 11 is 5.74. The minimum atomic E-state index is -0.949. The summed E-state index contributed by atoms with van der Waals surface area (Å²) in [6.07, 6.45) is 1.24. The minimum absolute atomic E-state index is 0.0759. The van der Waals surface area contributed by atoms with E-state index in [-0.39, 0.29) is 12.5 Å². The van der Waals surface area contributed by atoms with Gasteiger partial charge in [-0.1, -0.05) is 11.6 Å². The van der Waals surface area contributed by atoms with Gasteiger partial charge in [0.1, 0.15) is 0 Å². The first-order valence-electron chi connectivity index (χ1n) is 4.27. The van der Waals surface area contributed by atoms with Gasteiger partial charge in [-0.3, -0.25) is 4.79 Å². The molecule has 0 radical (unpaired) electrons. The second-order valence-electron chi connectivity index (χ2n) is 2.78. The maximum atomic E-state index is 11.2. The summed E-state index contributed by atoms with van der Waals surface area (Å²) in [5.74, 6) is -0.618. The molecule has 1 aliphatic rings. The second kappa shape index (κ2) is 4.46. The van der Waals surface area contributed by atoms with E-state index in [1.165, 1.54) is 4.90 Å². The minimum Gasteiger partial charge on any atom is -0.464 e. The largest absolute Gasteiger partial charge is 0.464 e. The number of esters is 1. The molecule has 0 spiro atoms. The van der Waals surface area contributed by atoms with Gasteiger partial charge in [-0.15, -0.1) is 0 Å². The van der Waals surface area contributed by atoms with Gasteiger partial charge in [-0.25, -0.2) is 4.79 Å². The van der Waals surface area contributed by atoms with Crippen molar-refractivity contribution >= 4 is 23.5 Å². The predicted molar refractivity (Wildman–Crippen MR) is 47.2 cm³/mol. The van der Waals surface area contributed by atoms with E-state index in [2.05, 4.69) is 0 Å². The van der Waals surface area contributed by atoms with Gasteiger partial charge in [0.2, 0.25) is 11.4 Å². The zero-order valence-corrected chi connectivity index (χ0v) is 8.21. The van der Waals surface area contributed by atoms with E-state index in [4.69, 9.17) is 16.3 Å². The molecule has 0 aliphatic carbocycles. The molecule has 74 valence electrons. The van der Waals surface area contributed by atoms with Crippen LogP contribution in [0.25, 0.3) is 0 Å². The van der Waals surface area contributed by atoms with Gasteiger partial charge in [0.25, 0.3) is 0 Å². The van der Waals surface area contributed by atoms with Gasteiger partial charge >= 0.3 is 5.97 Å². The third-order valence-electron chi connectivity index (χ3n) is 1.86. The third kappa shape index (κ3) is 2.34. The standard InChI is InChI=1S/C8H12ClNO3/c1-2-13-8(12)7(9)10-5-3-4-6(10)11/h7H,2-5H2,1H3. The summed E-state index contributed by atoms with van der Waals surface area (Å²) in [5.41, 5.74) is -0.949. The van der Waals surface area contributed by atoms with Crippen molar-refractivity contribution in [1.29, 1.82) is 0 Å². The lowest BCUT2D eigenvalue weighted by Gasteiger charge is -2.19. The van der Waals surface area contributed by atoms with Gasteiger partial charge < -0.3 is 9.64 Å². The number of likely N-dealkylation sites (tertiary alicyclic amines) is 1. The first-order valence-corrected chi connectivity index (χ1v) is 4.70. The van der Waals surface area contributed by atoms with Gasteiger partial charge in [-0.05, 0) is 13.3 Å². The van der Waals surface area contributed by atoms with E-state index in [1.54, 1.807) is 6.92 Å². The molecule has 13 heavy (non-hydrogen) atoms. The highest BCUT2D eigenvalue weighted by molar-refractivity contribution is 6.30. The quantitative estimate of drug-likeness (QED) is 0.388. The van der Waals surface area contributed by atoms with Crippen LogP contribution in [0.3, 0.4) is 0 Å². The molecule has 0 saturated carbocycles. The van der Waals surface area contributed by atoms with Crippen LogP contribution in [0.15, 0.2) is 0 Å². The number of carbonyl (C=O) groups is 2. The highest BCUT2D eigenvalue weighted by atomic mass is 35.5. The van der Waals surface area contributed by atoms with E-state index in [0.717, 1.165) is 6.42 Å². The van der Waals surface area contributed by atoms with E-state index in [1.807, 2.05) is 0 Å². The summed E-state index contributed by atoms with van der Waals surface area (Å²) in [7, 11) is 0. The highest BCUT2D eigenvalue weighted by Crippen LogP contribution is 2.16. The van der Waals surface area contributed by atoms with Crippen LogP contribution in [0, 0.1) is 0 Å². The monoisotopic (exact) mass is 205 g/mol. The third-order valence-corrected chi connectivity index (χ3v) is 2.28. The van der Waals surface area contributed by atoms with Crippen molar-refractivity contribution in [2.24, 2.45) is 0 Å². The van der Waals surface area contributed by atoms with Crippen LogP contribution < -0.4 is 0 Å². The van der Waals surface area contributed by atoms with Gasteiger partial charge in [0.05, 0.1) is 6.61 Å². The van der Waals surface area contributed by atoms with Crippen LogP contribution in [-0.4, -0.2) is 35.4 Å². The smallest absolute Gasteiger partial charge is 0.344 e. The van der Waals surface area contributed by atoms with E-state index in [9.17, 15) is 9.59 Å². The van der Waals surface area contributed by atoms with Crippen LogP contribution in [0.2, 0.25) is 0 Å². The number of alkyl halides is 1. The molecule has 0 aromatic carbocycles. The van der Waals surface area contributed by atoms with Crippen LogP contribution in [0.4, 0.5) is 0 Å². The Morgan fingerprint density at radius 3 is 2.92 bits per heavy atom. The molecule has 1 fully saturated rings. The molecule has 1 rings (SSSR count). The molecule has 1 amide bonds. The van der Waals surface area contributed by atoms with Crippen molar-refractivity contribution in [2.45, 2.75) is 25.3 Å². The number of rotatable bonds is 3. The maximum Gasteiger partial charge on any atom is 0.344 e. The lowest BCUT2D eigenvalue weighted by atomic mass is 10.4. The van der Waals surface area contributed by atoms with Crippen molar-refractivity contribution in [3.8, 4) is 0 Å². The Balaban J connectivity index is 2.50. The topological polar surface area (TPSA) is 46.6 Å². The molecule has 1 unspecified atom stereocenters. The van der Waals surface area contributed by atoms with Crippen molar-refractivity contribution in [3.05, 3.63) is 0 Å².